The number of aryl methyl sites for hydroxylation is 1. The first-order valence-corrected chi connectivity index (χ1v) is 13.5. The van der Waals surface area contributed by atoms with Gasteiger partial charge in [-0.1, -0.05) is 50.6 Å². The van der Waals surface area contributed by atoms with E-state index < -0.39 is 36.1 Å². The third kappa shape index (κ3) is 9.52. The minimum Gasteiger partial charge on any atom is -0.480 e. The lowest BCUT2D eigenvalue weighted by Gasteiger charge is -2.33. The first-order chi connectivity index (χ1) is 16.7. The molecule has 1 unspecified atom stereocenters. The van der Waals surface area contributed by atoms with E-state index in [9.17, 15) is 24.3 Å². The van der Waals surface area contributed by atoms with E-state index in [1.807, 2.05) is 50.4 Å². The second-order valence-electron chi connectivity index (χ2n) is 8.85. The molecule has 0 bridgehead atoms. The summed E-state index contributed by atoms with van der Waals surface area (Å²) in [5.74, 6) is -1.54. The van der Waals surface area contributed by atoms with Gasteiger partial charge in [-0.05, 0) is 49.2 Å². The van der Waals surface area contributed by atoms with Crippen molar-refractivity contribution < 1.29 is 29.1 Å². The topological polar surface area (TPSA) is 125 Å². The van der Waals surface area contributed by atoms with Crippen LogP contribution in [-0.4, -0.2) is 64.2 Å². The molecule has 1 heterocycles. The Hall–Kier alpha value is -2.59. The number of hydrogen-bond acceptors (Lipinski definition) is 6. The van der Waals surface area contributed by atoms with Crippen LogP contribution in [0.4, 0.5) is 0 Å². The molecule has 4 atom stereocenters. The molecule has 2 rings (SSSR count). The Morgan fingerprint density at radius 3 is 2.57 bits per heavy atom. The smallest absolute Gasteiger partial charge is 0.329 e. The van der Waals surface area contributed by atoms with Gasteiger partial charge in [0.05, 0.1) is 0 Å². The zero-order chi connectivity index (χ0) is 25.8. The molecule has 0 radical (unpaired) electrons. The van der Waals surface area contributed by atoms with Crippen molar-refractivity contribution in [3.05, 3.63) is 35.9 Å². The molecule has 0 aromatic heterocycles. The number of carboxylic acid groups (broad SMARTS) is 1. The Balaban J connectivity index is 2.22. The van der Waals surface area contributed by atoms with Crippen molar-refractivity contribution in [3.8, 4) is 0 Å². The van der Waals surface area contributed by atoms with Crippen LogP contribution in [0.15, 0.2) is 30.3 Å². The van der Waals surface area contributed by atoms with Gasteiger partial charge in [0.2, 0.25) is 17.7 Å². The molecular formula is C25H37N3O6S. The number of nitrogens with zero attached hydrogens (tertiary/aromatic N) is 1. The summed E-state index contributed by atoms with van der Waals surface area (Å²) in [7, 11) is 0. The Morgan fingerprint density at radius 2 is 2.00 bits per heavy atom. The van der Waals surface area contributed by atoms with Crippen LogP contribution >= 0.6 is 11.8 Å². The average molecular weight is 508 g/mol. The number of nitrogens with one attached hydrogen (secondary N) is 2. The van der Waals surface area contributed by atoms with Gasteiger partial charge in [-0.15, -0.1) is 0 Å². The number of carbonyl (C=O) groups is 4. The quantitative estimate of drug-likeness (QED) is 0.246. The summed E-state index contributed by atoms with van der Waals surface area (Å²) in [5, 5.41) is 16.3. The maximum Gasteiger partial charge on any atom is 0.329 e. The number of aliphatic carboxylic acids is 1. The fraction of sp³-hybridized carbons (Fsp3) is 0.600. The van der Waals surface area contributed by atoms with E-state index in [0.717, 1.165) is 17.0 Å². The van der Waals surface area contributed by atoms with Crippen LogP contribution in [0.2, 0.25) is 0 Å². The Labute approximate surface area is 211 Å². The first kappa shape index (κ1) is 28.6. The molecule has 194 valence electrons. The Bertz CT molecular complexity index is 853. The predicted molar refractivity (Wildman–Crippen MR) is 134 cm³/mol. The number of amides is 3. The fourth-order valence-corrected chi connectivity index (χ4v) is 4.21. The van der Waals surface area contributed by atoms with Gasteiger partial charge in [-0.3, -0.25) is 14.4 Å². The highest BCUT2D eigenvalue weighted by Crippen LogP contribution is 2.19. The van der Waals surface area contributed by atoms with Gasteiger partial charge < -0.3 is 15.7 Å². The van der Waals surface area contributed by atoms with Gasteiger partial charge in [0.15, 0.2) is 12.3 Å². The number of hydrogen-bond donors (Lipinski definition) is 3. The molecule has 1 aromatic rings. The zero-order valence-corrected chi connectivity index (χ0v) is 21.5. The van der Waals surface area contributed by atoms with Gasteiger partial charge in [-0.25, -0.2) is 14.7 Å². The van der Waals surface area contributed by atoms with Crippen LogP contribution in [0.1, 0.15) is 57.9 Å². The zero-order valence-electron chi connectivity index (χ0n) is 20.7. The number of rotatable bonds is 15. The number of benzene rings is 1. The molecule has 35 heavy (non-hydrogen) atoms. The number of carboxylic acids is 1. The molecule has 0 spiro atoms. The predicted octanol–water partition coefficient (Wildman–Crippen LogP) is 2.74. The van der Waals surface area contributed by atoms with E-state index >= 15 is 0 Å². The number of thioether (sulfide) groups is 1. The molecule has 10 heteroatoms. The summed E-state index contributed by atoms with van der Waals surface area (Å²) < 4.78 is 0. The molecule has 1 aromatic carbocycles. The normalized spacial score (nSPS) is 17.8. The summed E-state index contributed by atoms with van der Waals surface area (Å²) >= 11 is 1.48. The Kier molecular flexibility index (Phi) is 12.1. The van der Waals surface area contributed by atoms with E-state index in [1.165, 1.54) is 11.8 Å². The highest BCUT2D eigenvalue weighted by atomic mass is 32.2. The lowest BCUT2D eigenvalue weighted by atomic mass is 10.0. The summed E-state index contributed by atoms with van der Waals surface area (Å²) in [5.41, 5.74) is 0.957. The average Bonchev–Trinajstić information content (AvgIpc) is 3.28. The van der Waals surface area contributed by atoms with Crippen molar-refractivity contribution in [1.29, 1.82) is 0 Å². The van der Waals surface area contributed by atoms with Gasteiger partial charge in [0.25, 0.3) is 0 Å². The minimum absolute atomic E-state index is 0.0652. The monoisotopic (exact) mass is 507 g/mol. The van der Waals surface area contributed by atoms with Crippen LogP contribution in [0.25, 0.3) is 0 Å². The third-order valence-corrected chi connectivity index (χ3v) is 6.69. The fourth-order valence-electron chi connectivity index (χ4n) is 3.75. The first-order valence-electron chi connectivity index (χ1n) is 12.1. The molecule has 0 aliphatic carbocycles. The van der Waals surface area contributed by atoms with Crippen molar-refractivity contribution in [2.75, 3.05) is 12.0 Å². The lowest BCUT2D eigenvalue weighted by molar-refractivity contribution is -0.233. The van der Waals surface area contributed by atoms with Crippen molar-refractivity contribution in [1.82, 2.24) is 15.7 Å². The van der Waals surface area contributed by atoms with Crippen molar-refractivity contribution in [3.63, 3.8) is 0 Å². The minimum atomic E-state index is -1.19. The van der Waals surface area contributed by atoms with E-state index in [4.69, 9.17) is 4.84 Å². The van der Waals surface area contributed by atoms with Crippen molar-refractivity contribution >= 4 is 35.5 Å². The van der Waals surface area contributed by atoms with E-state index in [1.54, 1.807) is 0 Å². The van der Waals surface area contributed by atoms with Gasteiger partial charge >= 0.3 is 5.97 Å². The van der Waals surface area contributed by atoms with E-state index in [2.05, 4.69) is 10.6 Å². The molecule has 9 nitrogen and oxygen atoms in total. The lowest BCUT2D eigenvalue weighted by Crippen LogP contribution is -2.53. The van der Waals surface area contributed by atoms with Crippen LogP contribution in [-0.2, 0) is 30.4 Å². The van der Waals surface area contributed by atoms with Crippen molar-refractivity contribution in [2.45, 2.75) is 77.1 Å². The van der Waals surface area contributed by atoms with Crippen molar-refractivity contribution in [2.24, 2.45) is 5.92 Å². The van der Waals surface area contributed by atoms with Crippen LogP contribution in [0, 0.1) is 5.92 Å². The highest BCUT2D eigenvalue weighted by molar-refractivity contribution is 7.98. The maximum atomic E-state index is 13.3. The van der Waals surface area contributed by atoms with Gasteiger partial charge in [0, 0.05) is 12.8 Å². The second-order valence-corrected chi connectivity index (χ2v) is 9.84. The molecule has 1 aliphatic rings. The standard InChI is InChI=1S/C25H37N3O6S/c1-4-17(2)16-22(27-24(31)19-11-12-21(29)26-19)34-28(20(25(32)33)14-15-35-3)23(30)13-10-18-8-6-5-7-9-18/h5-9,17,19-20,22H,4,10-16H2,1-3H3,(H,26,29)(H,27,31)(H,32,33)/t17-,19-,20-,22?/m0/s1. The summed E-state index contributed by atoms with van der Waals surface area (Å²) in [4.78, 5) is 55.7. The van der Waals surface area contributed by atoms with Gasteiger partial charge in [0.1, 0.15) is 6.04 Å². The number of hydroxylamine groups is 2. The Morgan fingerprint density at radius 1 is 1.29 bits per heavy atom. The molecule has 1 aliphatic heterocycles. The van der Waals surface area contributed by atoms with Crippen LogP contribution in [0.5, 0.6) is 0 Å². The van der Waals surface area contributed by atoms with Crippen LogP contribution in [0.3, 0.4) is 0 Å². The maximum absolute atomic E-state index is 13.3. The van der Waals surface area contributed by atoms with Gasteiger partial charge in [-0.2, -0.15) is 11.8 Å². The largest absolute Gasteiger partial charge is 0.480 e. The molecule has 0 saturated carbocycles. The molecule has 1 saturated heterocycles. The van der Waals surface area contributed by atoms with E-state index in [0.29, 0.717) is 25.0 Å². The molecule has 1 fully saturated rings. The third-order valence-electron chi connectivity index (χ3n) is 6.05. The molecule has 3 amide bonds. The molecular weight excluding hydrogens is 470 g/mol. The summed E-state index contributed by atoms with van der Waals surface area (Å²) in [6, 6.07) is 7.61. The van der Waals surface area contributed by atoms with E-state index in [-0.39, 0.29) is 31.1 Å². The second kappa shape index (κ2) is 14.7. The molecule has 3 N–H and O–H groups in total. The highest BCUT2D eigenvalue weighted by Gasteiger charge is 2.35. The SMILES string of the molecule is CC[C@H](C)CC(NC(=O)[C@@H]1CCC(=O)N1)ON(C(=O)CCc1ccccc1)[C@@H](CCSC)C(=O)O. The number of carbonyl (C=O) groups excluding carboxylic acids is 3. The van der Waals surface area contributed by atoms with Crippen LogP contribution < -0.4 is 10.6 Å². The summed E-state index contributed by atoms with van der Waals surface area (Å²) in [6.45, 7) is 3.99. The summed E-state index contributed by atoms with van der Waals surface area (Å²) in [6.07, 6.45) is 3.51.